The molecule has 7 atom stereocenters. The van der Waals surface area contributed by atoms with Crippen molar-refractivity contribution in [3.63, 3.8) is 0 Å². The highest BCUT2D eigenvalue weighted by atomic mass is 79.9. The number of amides is 3. The zero-order valence-corrected chi connectivity index (χ0v) is 21.8. The molecule has 3 heterocycles. The summed E-state index contributed by atoms with van der Waals surface area (Å²) in [7, 11) is 1.54. The fraction of sp³-hybridized carbons (Fsp3) is 0.870. The third kappa shape index (κ3) is 4.09. The quantitative estimate of drug-likeness (QED) is 0.446. The molecule has 3 aliphatic heterocycles. The van der Waals surface area contributed by atoms with E-state index in [0.717, 1.165) is 6.42 Å². The van der Waals surface area contributed by atoms with Gasteiger partial charge in [0.15, 0.2) is 0 Å². The van der Waals surface area contributed by atoms with E-state index in [-0.39, 0.29) is 34.6 Å². The summed E-state index contributed by atoms with van der Waals surface area (Å²) in [6.45, 7) is 11.9. The molecule has 0 aromatic carbocycles. The van der Waals surface area contributed by atoms with E-state index in [4.69, 9.17) is 4.74 Å². The lowest BCUT2D eigenvalue weighted by Crippen LogP contribution is -2.61. The van der Waals surface area contributed by atoms with Crippen LogP contribution in [0, 0.1) is 17.3 Å². The molecule has 0 aromatic rings. The van der Waals surface area contributed by atoms with E-state index < -0.39 is 41.2 Å². The first kappa shape index (κ1) is 25.4. The number of carbonyl (C=O) groups excluding carboxylic acids is 3. The first-order chi connectivity index (χ1) is 14.7. The number of hydrogen-bond acceptors (Lipinski definition) is 5. The minimum atomic E-state index is -1.10. The first-order valence-electron chi connectivity index (χ1n) is 11.5. The molecule has 0 radical (unpaired) electrons. The fourth-order valence-electron chi connectivity index (χ4n) is 6.41. The number of hydrogen-bond donors (Lipinski definition) is 3. The second-order valence-corrected chi connectivity index (χ2v) is 12.6. The number of fused-ring (bicyclic) bond motifs is 1. The molecule has 3 rings (SSSR count). The lowest BCUT2D eigenvalue weighted by molar-refractivity contribution is -0.146. The zero-order valence-electron chi connectivity index (χ0n) is 20.2. The van der Waals surface area contributed by atoms with Crippen molar-refractivity contribution in [2.45, 2.75) is 95.0 Å². The van der Waals surface area contributed by atoms with Gasteiger partial charge in [-0.25, -0.2) is 0 Å². The summed E-state index contributed by atoms with van der Waals surface area (Å²) >= 11 is 3.64. The molecular formula is C23H38BrN3O5. The Morgan fingerprint density at radius 2 is 1.91 bits per heavy atom. The van der Waals surface area contributed by atoms with Crippen LogP contribution in [-0.2, 0) is 19.1 Å². The molecule has 9 heteroatoms. The van der Waals surface area contributed by atoms with E-state index >= 15 is 0 Å². The summed E-state index contributed by atoms with van der Waals surface area (Å²) in [5.41, 5.74) is -1.62. The number of likely N-dealkylation sites (tertiary alicyclic amines) is 1. The van der Waals surface area contributed by atoms with Crippen molar-refractivity contribution in [1.29, 1.82) is 0 Å². The summed E-state index contributed by atoms with van der Waals surface area (Å²) in [6.07, 6.45) is 1.22. The van der Waals surface area contributed by atoms with Crippen LogP contribution in [0.5, 0.6) is 0 Å². The number of alkyl halides is 1. The van der Waals surface area contributed by atoms with Gasteiger partial charge in [-0.15, -0.1) is 0 Å². The Balaban J connectivity index is 2.04. The summed E-state index contributed by atoms with van der Waals surface area (Å²) in [5, 5.41) is 15.9. The highest BCUT2D eigenvalue weighted by molar-refractivity contribution is 9.09. The van der Waals surface area contributed by atoms with Crippen LogP contribution >= 0.6 is 15.9 Å². The number of carbonyl (C=O) groups is 3. The third-order valence-corrected chi connectivity index (χ3v) is 7.88. The molecule has 32 heavy (non-hydrogen) atoms. The molecule has 3 aliphatic rings. The maximum Gasteiger partial charge on any atom is 0.246 e. The molecule has 3 fully saturated rings. The molecule has 182 valence electrons. The molecular weight excluding hydrogens is 478 g/mol. The van der Waals surface area contributed by atoms with Crippen LogP contribution in [0.2, 0.25) is 0 Å². The van der Waals surface area contributed by atoms with Crippen LogP contribution in [0.25, 0.3) is 0 Å². The highest BCUT2D eigenvalue weighted by Crippen LogP contribution is 2.60. The van der Waals surface area contributed by atoms with Gasteiger partial charge in [-0.05, 0) is 38.5 Å². The Labute approximate surface area is 199 Å². The summed E-state index contributed by atoms with van der Waals surface area (Å²) < 4.78 is 6.41. The lowest BCUT2D eigenvalue weighted by Gasteiger charge is -2.40. The van der Waals surface area contributed by atoms with Crippen LogP contribution in [0.4, 0.5) is 0 Å². The van der Waals surface area contributed by atoms with E-state index in [1.54, 1.807) is 7.05 Å². The Bertz CT molecular complexity index is 778. The highest BCUT2D eigenvalue weighted by Gasteiger charge is 2.77. The second-order valence-electron chi connectivity index (χ2n) is 11.4. The summed E-state index contributed by atoms with van der Waals surface area (Å²) in [6, 6.07) is -1.43. The van der Waals surface area contributed by atoms with Gasteiger partial charge in [0.25, 0.3) is 0 Å². The molecule has 0 saturated carbocycles. The normalized spacial score (nSPS) is 35.1. The topological polar surface area (TPSA) is 108 Å². The molecule has 0 aromatic heterocycles. The van der Waals surface area contributed by atoms with Gasteiger partial charge in [-0.1, -0.05) is 43.6 Å². The molecule has 8 nitrogen and oxygen atoms in total. The Morgan fingerprint density at radius 1 is 1.28 bits per heavy atom. The van der Waals surface area contributed by atoms with Gasteiger partial charge in [0.1, 0.15) is 11.6 Å². The van der Waals surface area contributed by atoms with Crippen molar-refractivity contribution in [2.24, 2.45) is 17.3 Å². The van der Waals surface area contributed by atoms with Gasteiger partial charge in [0.2, 0.25) is 17.7 Å². The second kappa shape index (κ2) is 8.55. The van der Waals surface area contributed by atoms with Gasteiger partial charge in [0.05, 0.1) is 30.6 Å². The largest absolute Gasteiger partial charge is 0.394 e. The van der Waals surface area contributed by atoms with Crippen molar-refractivity contribution in [1.82, 2.24) is 15.5 Å². The third-order valence-electron chi connectivity index (χ3n) is 7.03. The number of halogens is 1. The molecule has 3 saturated heterocycles. The van der Waals surface area contributed by atoms with Crippen molar-refractivity contribution in [3.8, 4) is 0 Å². The number of aliphatic hydroxyl groups is 1. The zero-order chi connectivity index (χ0) is 24.2. The van der Waals surface area contributed by atoms with E-state index in [1.165, 1.54) is 4.90 Å². The van der Waals surface area contributed by atoms with Crippen molar-refractivity contribution >= 4 is 33.7 Å². The van der Waals surface area contributed by atoms with Crippen LogP contribution < -0.4 is 10.6 Å². The number of rotatable bonds is 7. The lowest BCUT2D eigenvalue weighted by atomic mass is 9.70. The Kier molecular flexibility index (Phi) is 6.79. The average molecular weight is 516 g/mol. The molecule has 3 amide bonds. The molecule has 3 N–H and O–H groups in total. The number of aliphatic hydroxyl groups excluding tert-OH is 1. The Morgan fingerprint density at radius 3 is 2.41 bits per heavy atom. The van der Waals surface area contributed by atoms with Crippen LogP contribution in [0.3, 0.4) is 0 Å². The van der Waals surface area contributed by atoms with Crippen molar-refractivity contribution in [2.75, 3.05) is 13.7 Å². The molecule has 0 aliphatic carbocycles. The fourth-order valence-corrected chi connectivity index (χ4v) is 7.36. The van der Waals surface area contributed by atoms with E-state index in [1.807, 2.05) is 20.8 Å². The SMILES string of the molecule is CC[C@@H](CO)N1C(=O)[C@@H]2[C@H](C(=O)NC)[C@H]3OC2(CC3Br)C1C(=O)NC(C)(C)CC(C)(C)C. The maximum atomic E-state index is 13.8. The van der Waals surface area contributed by atoms with Crippen molar-refractivity contribution < 1.29 is 24.2 Å². The monoisotopic (exact) mass is 515 g/mol. The molecule has 2 bridgehead atoms. The predicted molar refractivity (Wildman–Crippen MR) is 124 cm³/mol. The van der Waals surface area contributed by atoms with Gasteiger partial charge < -0.3 is 25.4 Å². The summed E-state index contributed by atoms with van der Waals surface area (Å²) in [5.74, 6) is -2.26. The average Bonchev–Trinajstić information content (AvgIpc) is 3.24. The molecule has 3 unspecified atom stereocenters. The smallest absolute Gasteiger partial charge is 0.246 e. The van der Waals surface area contributed by atoms with E-state index in [0.29, 0.717) is 12.8 Å². The number of nitrogens with zero attached hydrogens (tertiary/aromatic N) is 1. The standard InChI is InChI=1S/C23H38BrN3O5/c1-8-12(10-28)27-17(19(30)26-22(5,6)11-21(2,3)4)23-9-13(24)16(32-23)14(18(29)25-7)15(23)20(27)31/h12-17,28H,8-11H2,1-7H3,(H,25,29)(H,26,30)/t12-,13?,14-,15-,16-,17?,23?/m0/s1. The van der Waals surface area contributed by atoms with Crippen LogP contribution in [-0.4, -0.2) is 75.5 Å². The van der Waals surface area contributed by atoms with Gasteiger partial charge in [0, 0.05) is 17.4 Å². The van der Waals surface area contributed by atoms with Crippen LogP contribution in [0.1, 0.15) is 60.8 Å². The van der Waals surface area contributed by atoms with Crippen LogP contribution in [0.15, 0.2) is 0 Å². The minimum absolute atomic E-state index is 0.00654. The van der Waals surface area contributed by atoms with Crippen molar-refractivity contribution in [3.05, 3.63) is 0 Å². The van der Waals surface area contributed by atoms with E-state index in [9.17, 15) is 19.5 Å². The minimum Gasteiger partial charge on any atom is -0.394 e. The molecule has 1 spiro atoms. The van der Waals surface area contributed by atoms with Gasteiger partial charge in [-0.2, -0.15) is 0 Å². The summed E-state index contributed by atoms with van der Waals surface area (Å²) in [4.78, 5) is 41.7. The van der Waals surface area contributed by atoms with Gasteiger partial charge >= 0.3 is 0 Å². The Hall–Kier alpha value is -1.19. The van der Waals surface area contributed by atoms with E-state index in [2.05, 4.69) is 47.3 Å². The number of ether oxygens (including phenoxy) is 1. The van der Waals surface area contributed by atoms with Gasteiger partial charge in [-0.3, -0.25) is 14.4 Å². The number of nitrogens with one attached hydrogen (secondary N) is 2. The first-order valence-corrected chi connectivity index (χ1v) is 12.4. The maximum absolute atomic E-state index is 13.8. The predicted octanol–water partition coefficient (Wildman–Crippen LogP) is 1.58.